The van der Waals surface area contributed by atoms with Crippen LogP contribution in [0.2, 0.25) is 0 Å². The standard InChI is InChI=1S/C17H18N2O3.C8H6O4/c1-2-3-12-4-10-15(11-5-12)18-16(20)13-6-8-14(9-7-13)17(21)19-22;9-7(10)5-1-2-6(4-3-5)8(11)12/h4-11,22H,2-3H2,1H3,(H,18,20)(H,19,21);1-4H,(H,9,10)(H,11,12). The molecule has 2 amide bonds. The third-order valence-electron chi connectivity index (χ3n) is 4.64. The summed E-state index contributed by atoms with van der Waals surface area (Å²) in [5.74, 6) is -2.99. The highest BCUT2D eigenvalue weighted by molar-refractivity contribution is 6.05. The molecule has 9 heteroatoms. The van der Waals surface area contributed by atoms with Crippen molar-refractivity contribution >= 4 is 29.4 Å². The number of carbonyl (C=O) groups excluding carboxylic acids is 2. The highest BCUT2D eigenvalue weighted by atomic mass is 16.5. The van der Waals surface area contributed by atoms with Gasteiger partial charge in [0.05, 0.1) is 11.1 Å². The van der Waals surface area contributed by atoms with E-state index in [0.29, 0.717) is 5.56 Å². The molecule has 34 heavy (non-hydrogen) atoms. The van der Waals surface area contributed by atoms with E-state index < -0.39 is 17.8 Å². The third-order valence-corrected chi connectivity index (χ3v) is 4.64. The summed E-state index contributed by atoms with van der Waals surface area (Å²) in [5, 5.41) is 28.3. The van der Waals surface area contributed by atoms with Crippen molar-refractivity contribution in [2.24, 2.45) is 0 Å². The van der Waals surface area contributed by atoms with Gasteiger partial charge in [0.15, 0.2) is 0 Å². The molecule has 176 valence electrons. The summed E-state index contributed by atoms with van der Waals surface area (Å²) in [6.07, 6.45) is 2.10. The van der Waals surface area contributed by atoms with Crippen LogP contribution in [0.4, 0.5) is 5.69 Å². The van der Waals surface area contributed by atoms with E-state index in [1.807, 2.05) is 24.3 Å². The Balaban J connectivity index is 0.000000287. The molecule has 3 rings (SSSR count). The van der Waals surface area contributed by atoms with Gasteiger partial charge in [0.25, 0.3) is 11.8 Å². The number of hydrogen-bond donors (Lipinski definition) is 5. The molecule has 0 unspecified atom stereocenters. The third kappa shape index (κ3) is 7.57. The molecule has 3 aromatic rings. The fourth-order valence-electron chi connectivity index (χ4n) is 2.84. The van der Waals surface area contributed by atoms with Gasteiger partial charge in [-0.05, 0) is 72.6 Å². The molecule has 0 aromatic heterocycles. The van der Waals surface area contributed by atoms with E-state index in [2.05, 4.69) is 12.2 Å². The summed E-state index contributed by atoms with van der Waals surface area (Å²) in [6, 6.07) is 18.8. The van der Waals surface area contributed by atoms with Crippen molar-refractivity contribution in [2.75, 3.05) is 5.32 Å². The van der Waals surface area contributed by atoms with Crippen molar-refractivity contribution in [3.05, 3.63) is 101 Å². The SMILES string of the molecule is CCCc1ccc(NC(=O)c2ccc(C(=O)NO)cc2)cc1.O=C(O)c1ccc(C(=O)O)cc1. The van der Waals surface area contributed by atoms with Gasteiger partial charge in [0.2, 0.25) is 0 Å². The number of amides is 2. The van der Waals surface area contributed by atoms with Crippen LogP contribution in [0.15, 0.2) is 72.8 Å². The van der Waals surface area contributed by atoms with Gasteiger partial charge in [0.1, 0.15) is 0 Å². The number of anilines is 1. The molecule has 9 nitrogen and oxygen atoms in total. The van der Waals surface area contributed by atoms with Crippen LogP contribution in [-0.2, 0) is 6.42 Å². The normalized spacial score (nSPS) is 9.82. The summed E-state index contributed by atoms with van der Waals surface area (Å²) in [4.78, 5) is 44.0. The van der Waals surface area contributed by atoms with Crippen LogP contribution in [0.5, 0.6) is 0 Å². The first-order valence-electron chi connectivity index (χ1n) is 10.3. The molecule has 0 saturated carbocycles. The highest BCUT2D eigenvalue weighted by Crippen LogP contribution is 2.13. The van der Waals surface area contributed by atoms with Gasteiger partial charge >= 0.3 is 11.9 Å². The second-order valence-corrected chi connectivity index (χ2v) is 7.11. The zero-order valence-electron chi connectivity index (χ0n) is 18.3. The highest BCUT2D eigenvalue weighted by Gasteiger charge is 2.09. The number of carbonyl (C=O) groups is 4. The van der Waals surface area contributed by atoms with Crippen LogP contribution in [0.25, 0.3) is 0 Å². The van der Waals surface area contributed by atoms with Gasteiger partial charge in [-0.3, -0.25) is 14.8 Å². The van der Waals surface area contributed by atoms with Crippen molar-refractivity contribution in [2.45, 2.75) is 19.8 Å². The summed E-state index contributed by atoms with van der Waals surface area (Å²) < 4.78 is 0. The lowest BCUT2D eigenvalue weighted by Gasteiger charge is -2.07. The molecule has 0 saturated heterocycles. The van der Waals surface area contributed by atoms with Gasteiger partial charge in [-0.2, -0.15) is 0 Å². The van der Waals surface area contributed by atoms with Gasteiger partial charge in [0, 0.05) is 16.8 Å². The second-order valence-electron chi connectivity index (χ2n) is 7.11. The molecule has 0 aliphatic carbocycles. The fourth-order valence-corrected chi connectivity index (χ4v) is 2.84. The van der Waals surface area contributed by atoms with Gasteiger partial charge in [-0.1, -0.05) is 25.5 Å². The van der Waals surface area contributed by atoms with Crippen molar-refractivity contribution in [1.82, 2.24) is 5.48 Å². The number of aromatic carboxylic acids is 2. The summed E-state index contributed by atoms with van der Waals surface area (Å²) in [7, 11) is 0. The largest absolute Gasteiger partial charge is 0.478 e. The lowest BCUT2D eigenvalue weighted by Crippen LogP contribution is -2.19. The minimum Gasteiger partial charge on any atom is -0.478 e. The number of aryl methyl sites for hydroxylation is 1. The van der Waals surface area contributed by atoms with Gasteiger partial charge < -0.3 is 15.5 Å². The van der Waals surface area contributed by atoms with E-state index in [0.717, 1.165) is 18.5 Å². The first-order chi connectivity index (χ1) is 16.2. The van der Waals surface area contributed by atoms with Crippen LogP contribution in [0, 0.1) is 0 Å². The summed E-state index contributed by atoms with van der Waals surface area (Å²) in [5.41, 5.74) is 4.39. The molecule has 3 aromatic carbocycles. The predicted molar refractivity (Wildman–Crippen MR) is 124 cm³/mol. The fraction of sp³-hybridized carbons (Fsp3) is 0.120. The van der Waals surface area contributed by atoms with E-state index in [1.54, 1.807) is 5.48 Å². The second kappa shape index (κ2) is 12.5. The molecule has 0 fully saturated rings. The van der Waals surface area contributed by atoms with Crippen LogP contribution in [0.3, 0.4) is 0 Å². The van der Waals surface area contributed by atoms with Crippen LogP contribution in [-0.4, -0.2) is 39.2 Å². The number of rotatable bonds is 7. The average Bonchev–Trinajstić information content (AvgIpc) is 2.85. The van der Waals surface area contributed by atoms with E-state index in [4.69, 9.17) is 15.4 Å². The quantitative estimate of drug-likeness (QED) is 0.261. The Hall–Kier alpha value is -4.50. The molecule has 5 N–H and O–H groups in total. The Morgan fingerprint density at radius 2 is 1.06 bits per heavy atom. The minimum atomic E-state index is -1.06. The Kier molecular flexibility index (Phi) is 9.48. The molecule has 0 radical (unpaired) electrons. The monoisotopic (exact) mass is 464 g/mol. The van der Waals surface area contributed by atoms with Crippen molar-refractivity contribution < 1.29 is 34.6 Å². The number of carboxylic acids is 2. The molecular formula is C25H24N2O7. The van der Waals surface area contributed by atoms with Crippen molar-refractivity contribution in [3.8, 4) is 0 Å². The first-order valence-corrected chi connectivity index (χ1v) is 10.3. The van der Waals surface area contributed by atoms with E-state index in [1.165, 1.54) is 54.1 Å². The Bertz CT molecular complexity index is 1110. The Morgan fingerprint density at radius 3 is 1.44 bits per heavy atom. The molecule has 0 spiro atoms. The molecular weight excluding hydrogens is 440 g/mol. The predicted octanol–water partition coefficient (Wildman–Crippen LogP) is 4.09. The first kappa shape index (κ1) is 25.8. The zero-order chi connectivity index (χ0) is 25.1. The number of carboxylic acid groups (broad SMARTS) is 2. The minimum absolute atomic E-state index is 0.0833. The number of hydrogen-bond acceptors (Lipinski definition) is 5. The summed E-state index contributed by atoms with van der Waals surface area (Å²) in [6.45, 7) is 2.12. The number of benzene rings is 3. The Labute approximate surface area is 195 Å². The maximum atomic E-state index is 12.1. The average molecular weight is 464 g/mol. The van der Waals surface area contributed by atoms with Crippen LogP contribution < -0.4 is 10.8 Å². The molecule has 0 bridgehead atoms. The lowest BCUT2D eigenvalue weighted by atomic mass is 10.1. The molecule has 0 atom stereocenters. The smallest absolute Gasteiger partial charge is 0.335 e. The van der Waals surface area contributed by atoms with E-state index in [9.17, 15) is 19.2 Å². The molecule has 0 aliphatic rings. The van der Waals surface area contributed by atoms with Crippen LogP contribution in [0.1, 0.15) is 60.3 Å². The topological polar surface area (TPSA) is 153 Å². The van der Waals surface area contributed by atoms with Gasteiger partial charge in [-0.15, -0.1) is 0 Å². The number of nitrogens with one attached hydrogen (secondary N) is 2. The zero-order valence-corrected chi connectivity index (χ0v) is 18.3. The van der Waals surface area contributed by atoms with Gasteiger partial charge in [-0.25, -0.2) is 15.1 Å². The Morgan fingerprint density at radius 1 is 0.647 bits per heavy atom. The maximum absolute atomic E-state index is 12.1. The summed E-state index contributed by atoms with van der Waals surface area (Å²) >= 11 is 0. The number of hydroxylamine groups is 1. The van der Waals surface area contributed by atoms with Crippen molar-refractivity contribution in [1.29, 1.82) is 0 Å². The molecule has 0 aliphatic heterocycles. The van der Waals surface area contributed by atoms with Crippen molar-refractivity contribution in [3.63, 3.8) is 0 Å². The maximum Gasteiger partial charge on any atom is 0.335 e. The lowest BCUT2D eigenvalue weighted by molar-refractivity contribution is 0.0681. The van der Waals surface area contributed by atoms with E-state index in [-0.39, 0.29) is 22.6 Å². The van der Waals surface area contributed by atoms with Crippen LogP contribution >= 0.6 is 0 Å². The molecule has 0 heterocycles. The van der Waals surface area contributed by atoms with E-state index >= 15 is 0 Å².